The maximum absolute atomic E-state index is 11.4. The molecule has 0 spiro atoms. The quantitative estimate of drug-likeness (QED) is 0.858. The van der Waals surface area contributed by atoms with Crippen LogP contribution in [-0.2, 0) is 11.3 Å². The highest BCUT2D eigenvalue weighted by molar-refractivity contribution is 5.92. The topological polar surface area (TPSA) is 81.4 Å². The first-order valence-corrected chi connectivity index (χ1v) is 5.63. The van der Waals surface area contributed by atoms with E-state index < -0.39 is 17.6 Å². The third-order valence-corrected chi connectivity index (χ3v) is 2.07. The molecule has 98 valence electrons. The van der Waals surface area contributed by atoms with Crippen molar-refractivity contribution in [1.29, 1.82) is 0 Å². The molecule has 18 heavy (non-hydrogen) atoms. The highest BCUT2D eigenvalue weighted by Gasteiger charge is 2.15. The highest BCUT2D eigenvalue weighted by atomic mass is 16.6. The Bertz CT molecular complexity index is 433. The first-order valence-electron chi connectivity index (χ1n) is 5.63. The monoisotopic (exact) mass is 250 g/mol. The number of carbonyl (C=O) groups excluding carboxylic acids is 2. The minimum atomic E-state index is -0.514. The van der Waals surface area contributed by atoms with E-state index >= 15 is 0 Å². The van der Waals surface area contributed by atoms with Crippen LogP contribution in [0.4, 0.5) is 4.79 Å². The second kappa shape index (κ2) is 5.53. The molecule has 0 saturated carbocycles. The molecule has 0 fully saturated rings. The average Bonchev–Trinajstić information content (AvgIpc) is 2.24. The number of hydrogen-bond acceptors (Lipinski definition) is 3. The second-order valence-corrected chi connectivity index (χ2v) is 4.92. The van der Waals surface area contributed by atoms with Crippen LogP contribution >= 0.6 is 0 Å². The average molecular weight is 250 g/mol. The van der Waals surface area contributed by atoms with Crippen LogP contribution in [0.5, 0.6) is 0 Å². The predicted octanol–water partition coefficient (Wildman–Crippen LogP) is 1.81. The number of amides is 2. The number of benzene rings is 1. The largest absolute Gasteiger partial charge is 0.444 e. The standard InChI is InChI=1S/C13H18N2O3/c1-13(2,3)18-12(17)15-8-9-4-6-10(7-5-9)11(14)16/h4-7H,8H2,1-3H3,(H2,14,16)(H,15,17). The Balaban J connectivity index is 2.49. The molecule has 1 rings (SSSR count). The summed E-state index contributed by atoms with van der Waals surface area (Å²) in [6.07, 6.45) is -0.471. The summed E-state index contributed by atoms with van der Waals surface area (Å²) in [7, 11) is 0. The number of nitrogens with two attached hydrogens (primary N) is 1. The Morgan fingerprint density at radius 3 is 2.22 bits per heavy atom. The fourth-order valence-corrected chi connectivity index (χ4v) is 1.28. The summed E-state index contributed by atoms with van der Waals surface area (Å²) >= 11 is 0. The van der Waals surface area contributed by atoms with Gasteiger partial charge in [-0.15, -0.1) is 0 Å². The zero-order valence-electron chi connectivity index (χ0n) is 10.8. The van der Waals surface area contributed by atoms with Crippen LogP contribution in [0.15, 0.2) is 24.3 Å². The molecule has 1 aromatic rings. The smallest absolute Gasteiger partial charge is 0.407 e. The number of nitrogens with one attached hydrogen (secondary N) is 1. The van der Waals surface area contributed by atoms with Gasteiger partial charge in [-0.1, -0.05) is 12.1 Å². The lowest BCUT2D eigenvalue weighted by atomic mass is 10.1. The molecule has 0 heterocycles. The van der Waals surface area contributed by atoms with Crippen LogP contribution in [0.2, 0.25) is 0 Å². The zero-order valence-corrected chi connectivity index (χ0v) is 10.8. The van der Waals surface area contributed by atoms with E-state index in [1.807, 2.05) is 0 Å². The van der Waals surface area contributed by atoms with Crippen molar-refractivity contribution in [2.45, 2.75) is 32.9 Å². The summed E-state index contributed by atoms with van der Waals surface area (Å²) in [5.74, 6) is -0.471. The van der Waals surface area contributed by atoms with Gasteiger partial charge >= 0.3 is 6.09 Å². The van der Waals surface area contributed by atoms with E-state index in [0.29, 0.717) is 12.1 Å². The summed E-state index contributed by atoms with van der Waals surface area (Å²) in [4.78, 5) is 22.3. The van der Waals surface area contributed by atoms with Crippen molar-refractivity contribution in [3.05, 3.63) is 35.4 Å². The molecular formula is C13H18N2O3. The van der Waals surface area contributed by atoms with Crippen molar-refractivity contribution in [3.8, 4) is 0 Å². The number of primary amides is 1. The first-order chi connectivity index (χ1) is 8.28. The van der Waals surface area contributed by atoms with Crippen molar-refractivity contribution in [2.75, 3.05) is 0 Å². The van der Waals surface area contributed by atoms with Gasteiger partial charge < -0.3 is 15.8 Å². The molecule has 2 amide bonds. The summed E-state index contributed by atoms with van der Waals surface area (Å²) in [6, 6.07) is 6.71. The van der Waals surface area contributed by atoms with Crippen LogP contribution in [0, 0.1) is 0 Å². The molecule has 0 aliphatic rings. The minimum Gasteiger partial charge on any atom is -0.444 e. The summed E-state index contributed by atoms with van der Waals surface area (Å²) < 4.78 is 5.10. The van der Waals surface area contributed by atoms with E-state index in [1.54, 1.807) is 45.0 Å². The van der Waals surface area contributed by atoms with Gasteiger partial charge in [0.1, 0.15) is 5.60 Å². The second-order valence-electron chi connectivity index (χ2n) is 4.92. The van der Waals surface area contributed by atoms with Crippen LogP contribution in [0.3, 0.4) is 0 Å². The lowest BCUT2D eigenvalue weighted by Gasteiger charge is -2.19. The van der Waals surface area contributed by atoms with Gasteiger partial charge in [0.15, 0.2) is 0 Å². The number of ether oxygens (including phenoxy) is 1. The SMILES string of the molecule is CC(C)(C)OC(=O)NCc1ccc(C(N)=O)cc1. The van der Waals surface area contributed by atoms with E-state index in [2.05, 4.69) is 5.32 Å². The molecule has 0 aliphatic carbocycles. The van der Waals surface area contributed by atoms with E-state index in [1.165, 1.54) is 0 Å². The number of hydrogen-bond donors (Lipinski definition) is 2. The van der Waals surface area contributed by atoms with Gasteiger partial charge in [-0.3, -0.25) is 4.79 Å². The summed E-state index contributed by atoms with van der Waals surface area (Å²) in [6.45, 7) is 5.74. The molecule has 5 heteroatoms. The molecule has 5 nitrogen and oxygen atoms in total. The van der Waals surface area contributed by atoms with Gasteiger partial charge in [-0.2, -0.15) is 0 Å². The van der Waals surface area contributed by atoms with Crippen molar-refractivity contribution in [2.24, 2.45) is 5.73 Å². The summed E-state index contributed by atoms with van der Waals surface area (Å²) in [5, 5.41) is 2.63. The van der Waals surface area contributed by atoms with Crippen LogP contribution in [0.1, 0.15) is 36.7 Å². The fraction of sp³-hybridized carbons (Fsp3) is 0.385. The minimum absolute atomic E-state index is 0.341. The van der Waals surface area contributed by atoms with Crippen molar-refractivity contribution in [1.82, 2.24) is 5.32 Å². The third kappa shape index (κ3) is 4.86. The van der Waals surface area contributed by atoms with Gasteiger partial charge in [-0.05, 0) is 38.5 Å². The molecule has 0 aromatic heterocycles. The summed E-state index contributed by atoms with van der Waals surface area (Å²) in [5.41, 5.74) is 5.92. The Labute approximate surface area is 106 Å². The Morgan fingerprint density at radius 1 is 1.22 bits per heavy atom. The molecule has 0 atom stereocenters. The fourth-order valence-electron chi connectivity index (χ4n) is 1.28. The van der Waals surface area contributed by atoms with Crippen LogP contribution < -0.4 is 11.1 Å². The molecule has 0 aliphatic heterocycles. The maximum Gasteiger partial charge on any atom is 0.407 e. The molecular weight excluding hydrogens is 232 g/mol. The maximum atomic E-state index is 11.4. The molecule has 1 aromatic carbocycles. The van der Waals surface area contributed by atoms with Gasteiger partial charge in [0, 0.05) is 12.1 Å². The van der Waals surface area contributed by atoms with Gasteiger partial charge in [-0.25, -0.2) is 4.79 Å². The molecule has 0 unspecified atom stereocenters. The van der Waals surface area contributed by atoms with Crippen molar-refractivity contribution < 1.29 is 14.3 Å². The zero-order chi connectivity index (χ0) is 13.8. The molecule has 0 saturated heterocycles. The van der Waals surface area contributed by atoms with Crippen LogP contribution in [-0.4, -0.2) is 17.6 Å². The number of alkyl carbamates (subject to hydrolysis) is 1. The predicted molar refractivity (Wildman–Crippen MR) is 68.0 cm³/mol. The van der Waals surface area contributed by atoms with E-state index in [4.69, 9.17) is 10.5 Å². The molecule has 0 bridgehead atoms. The Kier molecular flexibility index (Phi) is 4.31. The number of rotatable bonds is 3. The first kappa shape index (κ1) is 14.0. The van der Waals surface area contributed by atoms with Gasteiger partial charge in [0.05, 0.1) is 0 Å². The molecule has 3 N–H and O–H groups in total. The van der Waals surface area contributed by atoms with E-state index in [-0.39, 0.29) is 0 Å². The third-order valence-electron chi connectivity index (χ3n) is 2.07. The highest BCUT2D eigenvalue weighted by Crippen LogP contribution is 2.07. The Morgan fingerprint density at radius 2 is 1.78 bits per heavy atom. The van der Waals surface area contributed by atoms with E-state index in [0.717, 1.165) is 5.56 Å². The number of carbonyl (C=O) groups is 2. The normalized spacial score (nSPS) is 10.8. The van der Waals surface area contributed by atoms with Gasteiger partial charge in [0.25, 0.3) is 0 Å². The van der Waals surface area contributed by atoms with E-state index in [9.17, 15) is 9.59 Å². The lowest BCUT2D eigenvalue weighted by Crippen LogP contribution is -2.32. The Hall–Kier alpha value is -2.04. The lowest BCUT2D eigenvalue weighted by molar-refractivity contribution is 0.0523. The van der Waals surface area contributed by atoms with Crippen LogP contribution in [0.25, 0.3) is 0 Å². The van der Waals surface area contributed by atoms with Gasteiger partial charge in [0.2, 0.25) is 5.91 Å². The molecule has 0 radical (unpaired) electrons. The van der Waals surface area contributed by atoms with Crippen molar-refractivity contribution in [3.63, 3.8) is 0 Å². The van der Waals surface area contributed by atoms with Crippen molar-refractivity contribution >= 4 is 12.0 Å².